The van der Waals surface area contributed by atoms with Gasteiger partial charge in [-0.15, -0.1) is 0 Å². The highest BCUT2D eigenvalue weighted by atomic mass is 32.2. The van der Waals surface area contributed by atoms with Gasteiger partial charge < -0.3 is 9.84 Å². The van der Waals surface area contributed by atoms with Crippen LogP contribution in [0.3, 0.4) is 0 Å². The Morgan fingerprint density at radius 2 is 2.00 bits per heavy atom. The van der Waals surface area contributed by atoms with Crippen molar-refractivity contribution in [1.82, 2.24) is 4.98 Å². The molecule has 0 bridgehead atoms. The van der Waals surface area contributed by atoms with Crippen molar-refractivity contribution < 1.29 is 23.1 Å². The van der Waals surface area contributed by atoms with E-state index in [9.17, 15) is 13.2 Å². The predicted octanol–water partition coefficient (Wildman–Crippen LogP) is 1.35. The molecular weight excluding hydrogens is 296 g/mol. The fourth-order valence-corrected chi connectivity index (χ4v) is 2.56. The third-order valence-corrected chi connectivity index (χ3v) is 3.78. The Kier molecular flexibility index (Phi) is 4.39. The van der Waals surface area contributed by atoms with Gasteiger partial charge in [-0.2, -0.15) is 0 Å². The van der Waals surface area contributed by atoms with Gasteiger partial charge >= 0.3 is 5.97 Å². The van der Waals surface area contributed by atoms with E-state index >= 15 is 0 Å². The number of benzene rings is 1. The molecule has 2 aromatic rings. The zero-order valence-corrected chi connectivity index (χ0v) is 11.6. The standard InChI is InChI=1S/C13H12N2O5S/c16-13(17)9-20-12-6-2-1-5-11(12)15-21(18,19)10-4-3-7-14-8-10/h1-8,15H,9H2,(H,16,17). The number of aliphatic carboxylic acids is 1. The van der Waals surface area contributed by atoms with Crippen molar-refractivity contribution in [3.8, 4) is 5.75 Å². The summed E-state index contributed by atoms with van der Waals surface area (Å²) in [6, 6.07) is 9.07. The van der Waals surface area contributed by atoms with E-state index in [0.29, 0.717) is 0 Å². The molecule has 0 saturated carbocycles. The van der Waals surface area contributed by atoms with E-state index in [0.717, 1.165) is 0 Å². The highest BCUT2D eigenvalue weighted by Crippen LogP contribution is 2.26. The Balaban J connectivity index is 2.25. The van der Waals surface area contributed by atoms with Crippen LogP contribution in [0.5, 0.6) is 5.75 Å². The number of hydrogen-bond acceptors (Lipinski definition) is 5. The first-order valence-electron chi connectivity index (χ1n) is 5.85. The molecule has 0 aliphatic rings. The van der Waals surface area contributed by atoms with E-state index in [2.05, 4.69) is 9.71 Å². The highest BCUT2D eigenvalue weighted by molar-refractivity contribution is 7.92. The fraction of sp³-hybridized carbons (Fsp3) is 0.0769. The number of para-hydroxylation sites is 2. The monoisotopic (exact) mass is 308 g/mol. The van der Waals surface area contributed by atoms with Crippen molar-refractivity contribution in [3.05, 3.63) is 48.8 Å². The molecule has 0 spiro atoms. The molecule has 0 aliphatic carbocycles. The van der Waals surface area contributed by atoms with Crippen molar-refractivity contribution in [2.75, 3.05) is 11.3 Å². The molecule has 2 N–H and O–H groups in total. The molecule has 0 unspecified atom stereocenters. The topological polar surface area (TPSA) is 106 Å². The van der Waals surface area contributed by atoms with Gasteiger partial charge in [0.05, 0.1) is 5.69 Å². The quantitative estimate of drug-likeness (QED) is 0.834. The number of carboxylic acids is 1. The van der Waals surface area contributed by atoms with Crippen molar-refractivity contribution in [1.29, 1.82) is 0 Å². The normalized spacial score (nSPS) is 10.9. The summed E-state index contributed by atoms with van der Waals surface area (Å²) in [6.07, 6.45) is 2.67. The fourth-order valence-electron chi connectivity index (χ4n) is 1.53. The molecule has 1 heterocycles. The Bertz CT molecular complexity index is 731. The summed E-state index contributed by atoms with van der Waals surface area (Å²) in [4.78, 5) is 14.3. The van der Waals surface area contributed by atoms with Crippen LogP contribution in [0, 0.1) is 0 Å². The van der Waals surface area contributed by atoms with Gasteiger partial charge in [-0.05, 0) is 24.3 Å². The first kappa shape index (κ1) is 14.8. The number of nitrogens with one attached hydrogen (secondary N) is 1. The molecule has 2 rings (SSSR count). The van der Waals surface area contributed by atoms with Crippen LogP contribution >= 0.6 is 0 Å². The summed E-state index contributed by atoms with van der Waals surface area (Å²) in [5.74, 6) is -1.02. The largest absolute Gasteiger partial charge is 0.480 e. The number of aromatic nitrogens is 1. The lowest BCUT2D eigenvalue weighted by atomic mass is 10.3. The van der Waals surface area contributed by atoms with Crippen LogP contribution in [0.4, 0.5) is 5.69 Å². The average molecular weight is 308 g/mol. The summed E-state index contributed by atoms with van der Waals surface area (Å²) in [6.45, 7) is -0.564. The molecule has 0 fully saturated rings. The van der Waals surface area contributed by atoms with Crippen molar-refractivity contribution >= 4 is 21.7 Å². The Morgan fingerprint density at radius 1 is 1.24 bits per heavy atom. The number of anilines is 1. The van der Waals surface area contributed by atoms with Gasteiger partial charge in [0.15, 0.2) is 6.61 Å². The molecule has 0 aliphatic heterocycles. The smallest absolute Gasteiger partial charge is 0.341 e. The lowest BCUT2D eigenvalue weighted by Gasteiger charge is -2.12. The molecule has 0 saturated heterocycles. The van der Waals surface area contributed by atoms with Crippen molar-refractivity contribution in [2.45, 2.75) is 4.90 Å². The summed E-state index contributed by atoms with van der Waals surface area (Å²) in [7, 11) is -3.81. The van der Waals surface area contributed by atoms with Gasteiger partial charge in [-0.1, -0.05) is 12.1 Å². The van der Waals surface area contributed by atoms with Gasteiger partial charge in [0, 0.05) is 12.4 Å². The maximum absolute atomic E-state index is 12.2. The minimum Gasteiger partial charge on any atom is -0.480 e. The lowest BCUT2D eigenvalue weighted by molar-refractivity contribution is -0.139. The zero-order valence-electron chi connectivity index (χ0n) is 10.8. The number of hydrogen-bond donors (Lipinski definition) is 2. The third-order valence-electron chi connectivity index (χ3n) is 2.43. The molecule has 1 aromatic heterocycles. The Hall–Kier alpha value is -2.61. The van der Waals surface area contributed by atoms with E-state index in [1.807, 2.05) is 0 Å². The van der Waals surface area contributed by atoms with Gasteiger partial charge in [0.25, 0.3) is 10.0 Å². The van der Waals surface area contributed by atoms with E-state index in [1.54, 1.807) is 12.1 Å². The Morgan fingerprint density at radius 3 is 2.67 bits per heavy atom. The number of ether oxygens (including phenoxy) is 1. The molecule has 21 heavy (non-hydrogen) atoms. The first-order valence-corrected chi connectivity index (χ1v) is 7.34. The lowest BCUT2D eigenvalue weighted by Crippen LogP contribution is -2.15. The first-order chi connectivity index (χ1) is 9.99. The van der Waals surface area contributed by atoms with Crippen LogP contribution in [0.15, 0.2) is 53.7 Å². The van der Waals surface area contributed by atoms with Gasteiger partial charge in [0.2, 0.25) is 0 Å². The van der Waals surface area contributed by atoms with Crippen LogP contribution in [0.25, 0.3) is 0 Å². The summed E-state index contributed by atoms with van der Waals surface area (Å²) in [5.41, 5.74) is 0.155. The molecule has 7 nitrogen and oxygen atoms in total. The number of pyridine rings is 1. The van der Waals surface area contributed by atoms with Crippen LogP contribution in [0.2, 0.25) is 0 Å². The van der Waals surface area contributed by atoms with E-state index in [1.165, 1.54) is 36.7 Å². The van der Waals surface area contributed by atoms with E-state index in [4.69, 9.17) is 9.84 Å². The third kappa shape index (κ3) is 3.93. The second-order valence-corrected chi connectivity index (χ2v) is 5.66. The maximum Gasteiger partial charge on any atom is 0.341 e. The molecule has 110 valence electrons. The molecule has 8 heteroatoms. The van der Waals surface area contributed by atoms with Crippen LogP contribution in [-0.4, -0.2) is 31.1 Å². The summed E-state index contributed by atoms with van der Waals surface area (Å²) < 4.78 is 31.7. The van der Waals surface area contributed by atoms with Gasteiger partial charge in [0.1, 0.15) is 10.6 Å². The Labute approximate surface area is 121 Å². The number of carbonyl (C=O) groups is 1. The van der Waals surface area contributed by atoms with Crippen LogP contribution in [-0.2, 0) is 14.8 Å². The maximum atomic E-state index is 12.2. The molecule has 0 amide bonds. The zero-order chi connectivity index (χ0) is 15.3. The van der Waals surface area contributed by atoms with Crippen LogP contribution in [0.1, 0.15) is 0 Å². The molecular formula is C13H12N2O5S. The number of nitrogens with zero attached hydrogens (tertiary/aromatic N) is 1. The second-order valence-electron chi connectivity index (χ2n) is 3.97. The van der Waals surface area contributed by atoms with E-state index in [-0.39, 0.29) is 16.3 Å². The summed E-state index contributed by atoms with van der Waals surface area (Å²) >= 11 is 0. The van der Waals surface area contributed by atoms with Crippen molar-refractivity contribution in [2.24, 2.45) is 0 Å². The minimum absolute atomic E-state index is 0.00182. The minimum atomic E-state index is -3.81. The van der Waals surface area contributed by atoms with Gasteiger partial charge in [-0.3, -0.25) is 9.71 Å². The number of carboxylic acid groups (broad SMARTS) is 1. The summed E-state index contributed by atoms with van der Waals surface area (Å²) in [5, 5.41) is 8.60. The number of sulfonamides is 1. The molecule has 0 atom stereocenters. The highest BCUT2D eigenvalue weighted by Gasteiger charge is 2.16. The SMILES string of the molecule is O=C(O)COc1ccccc1NS(=O)(=O)c1cccnc1. The predicted molar refractivity (Wildman–Crippen MR) is 74.6 cm³/mol. The van der Waals surface area contributed by atoms with E-state index < -0.39 is 22.6 Å². The van der Waals surface area contributed by atoms with Crippen molar-refractivity contribution in [3.63, 3.8) is 0 Å². The average Bonchev–Trinajstić information content (AvgIpc) is 2.47. The van der Waals surface area contributed by atoms with Gasteiger partial charge in [-0.25, -0.2) is 13.2 Å². The molecule has 0 radical (unpaired) electrons. The second kappa shape index (κ2) is 6.23. The van der Waals surface area contributed by atoms with Crippen LogP contribution < -0.4 is 9.46 Å². The number of rotatable bonds is 6. The molecule has 1 aromatic carbocycles.